The van der Waals surface area contributed by atoms with Gasteiger partial charge in [-0.2, -0.15) is 0 Å². The highest BCUT2D eigenvalue weighted by Gasteiger charge is 2.37. The second kappa shape index (κ2) is 14.1. The second-order valence-electron chi connectivity index (χ2n) is 7.92. The lowest BCUT2D eigenvalue weighted by atomic mass is 9.75. The van der Waals surface area contributed by atoms with E-state index in [-0.39, 0.29) is 47.2 Å². The molecule has 2 rings (SSSR count). The van der Waals surface area contributed by atoms with E-state index in [0.717, 1.165) is 12.8 Å². The Morgan fingerprint density at radius 1 is 0.793 bits per heavy atom. The van der Waals surface area contributed by atoms with Crippen LogP contribution in [0.5, 0.6) is 0 Å². The van der Waals surface area contributed by atoms with Gasteiger partial charge in [0.1, 0.15) is 34.7 Å². The first-order valence-corrected chi connectivity index (χ1v) is 10.6. The van der Waals surface area contributed by atoms with Gasteiger partial charge in [0.05, 0.1) is 12.3 Å². The quantitative estimate of drug-likeness (QED) is 0.640. The molecule has 0 bridgehead atoms. The minimum absolute atomic E-state index is 0.0386. The van der Waals surface area contributed by atoms with Crippen LogP contribution in [0, 0.1) is 17.8 Å². The lowest BCUT2D eigenvalue weighted by molar-refractivity contribution is -0.142. The number of ketones is 6. The van der Waals surface area contributed by atoms with E-state index in [4.69, 9.17) is 0 Å². The van der Waals surface area contributed by atoms with Gasteiger partial charge in [-0.25, -0.2) is 0 Å². The largest absolute Gasteiger partial charge is 0.300 e. The van der Waals surface area contributed by atoms with Crippen molar-refractivity contribution in [2.75, 3.05) is 0 Å². The minimum Gasteiger partial charge on any atom is -0.300 e. The van der Waals surface area contributed by atoms with Crippen LogP contribution < -0.4 is 0 Å². The molecule has 2 aliphatic rings. The molecule has 2 atom stereocenters. The summed E-state index contributed by atoms with van der Waals surface area (Å²) < 4.78 is 0. The summed E-state index contributed by atoms with van der Waals surface area (Å²) in [4.78, 5) is 65.6. The predicted molar refractivity (Wildman–Crippen MR) is 110 cm³/mol. The standard InChI is InChI=1S/C11H16O3.C6H8O2.C6H12O/c1-3-8(7(2)12)11-9(13)5-4-6-10(11)14;7-5-2-1-3-6(8)4-5;1-4-5(2)6(3)7/h8,11H,3-6H2,1-2H3;1-4H2;5H,4H2,1-3H3. The van der Waals surface area contributed by atoms with Crippen LogP contribution in [0.4, 0.5) is 0 Å². The summed E-state index contributed by atoms with van der Waals surface area (Å²) >= 11 is 0. The zero-order chi connectivity index (χ0) is 22.6. The van der Waals surface area contributed by atoms with Crippen LogP contribution in [0.3, 0.4) is 0 Å². The van der Waals surface area contributed by atoms with Crippen LogP contribution in [-0.4, -0.2) is 34.7 Å². The van der Waals surface area contributed by atoms with Crippen molar-refractivity contribution in [1.29, 1.82) is 0 Å². The van der Waals surface area contributed by atoms with Gasteiger partial charge in [0.15, 0.2) is 0 Å². The summed E-state index contributed by atoms with van der Waals surface area (Å²) in [7, 11) is 0. The lowest BCUT2D eigenvalue weighted by Crippen LogP contribution is -2.37. The molecule has 0 heterocycles. The number of carbonyl (C=O) groups excluding carboxylic acids is 6. The Bertz CT molecular complexity index is 589. The normalized spacial score (nSPS) is 19.3. The lowest BCUT2D eigenvalue weighted by Gasteiger charge is -2.25. The molecule has 2 unspecified atom stereocenters. The molecular weight excluding hydrogens is 372 g/mol. The van der Waals surface area contributed by atoms with Crippen molar-refractivity contribution in [2.24, 2.45) is 17.8 Å². The Labute approximate surface area is 174 Å². The van der Waals surface area contributed by atoms with Gasteiger partial charge in [-0.3, -0.25) is 28.8 Å². The molecule has 0 radical (unpaired) electrons. The Hall–Kier alpha value is -1.98. The van der Waals surface area contributed by atoms with Gasteiger partial charge >= 0.3 is 0 Å². The second-order valence-corrected chi connectivity index (χ2v) is 7.92. The summed E-state index contributed by atoms with van der Waals surface area (Å²) in [5.74, 6) is -0.348. The third kappa shape index (κ3) is 10.4. The Morgan fingerprint density at radius 3 is 1.48 bits per heavy atom. The van der Waals surface area contributed by atoms with Gasteiger partial charge in [0, 0.05) is 37.5 Å². The molecule has 0 saturated heterocycles. The SMILES string of the molecule is CCC(C(C)=O)C1C(=O)CCCC1=O.CCC(C)C(C)=O.O=C1CCCC(=O)C1. The Kier molecular flexibility index (Phi) is 13.1. The summed E-state index contributed by atoms with van der Waals surface area (Å²) in [5.41, 5.74) is 0. The average molecular weight is 409 g/mol. The predicted octanol–water partition coefficient (Wildman–Crippen LogP) is 3.86. The first-order valence-electron chi connectivity index (χ1n) is 10.6. The van der Waals surface area contributed by atoms with Crippen LogP contribution in [0.15, 0.2) is 0 Å². The number of hydrogen-bond donors (Lipinski definition) is 0. The molecular formula is C23H36O6. The smallest absolute Gasteiger partial charge is 0.144 e. The van der Waals surface area contributed by atoms with Crippen LogP contribution in [0.2, 0.25) is 0 Å². The highest BCUT2D eigenvalue weighted by Crippen LogP contribution is 2.27. The topological polar surface area (TPSA) is 102 Å². The van der Waals surface area contributed by atoms with Crippen LogP contribution in [0.1, 0.15) is 92.4 Å². The molecule has 0 aromatic carbocycles. The van der Waals surface area contributed by atoms with Gasteiger partial charge in [-0.1, -0.05) is 20.8 Å². The van der Waals surface area contributed by atoms with Crippen molar-refractivity contribution >= 4 is 34.7 Å². The van der Waals surface area contributed by atoms with E-state index in [9.17, 15) is 28.8 Å². The third-order valence-electron chi connectivity index (χ3n) is 5.52. The average Bonchev–Trinajstić information content (AvgIpc) is 2.64. The number of carbonyl (C=O) groups is 6. The van der Waals surface area contributed by atoms with E-state index >= 15 is 0 Å². The molecule has 0 N–H and O–H groups in total. The van der Waals surface area contributed by atoms with Crippen molar-refractivity contribution in [3.8, 4) is 0 Å². The van der Waals surface area contributed by atoms with E-state index in [2.05, 4.69) is 0 Å². The van der Waals surface area contributed by atoms with Crippen molar-refractivity contribution in [2.45, 2.75) is 92.4 Å². The summed E-state index contributed by atoms with van der Waals surface area (Å²) in [6.45, 7) is 8.91. The minimum atomic E-state index is -0.633. The van der Waals surface area contributed by atoms with E-state index in [1.54, 1.807) is 6.92 Å². The summed E-state index contributed by atoms with van der Waals surface area (Å²) in [5, 5.41) is 0. The molecule has 0 amide bonds. The van der Waals surface area contributed by atoms with Gasteiger partial charge in [0.2, 0.25) is 0 Å². The molecule has 2 fully saturated rings. The van der Waals surface area contributed by atoms with Gasteiger partial charge in [-0.15, -0.1) is 0 Å². The highest BCUT2D eigenvalue weighted by atomic mass is 16.2. The van der Waals surface area contributed by atoms with Crippen molar-refractivity contribution in [3.63, 3.8) is 0 Å². The van der Waals surface area contributed by atoms with Crippen molar-refractivity contribution in [3.05, 3.63) is 0 Å². The van der Waals surface area contributed by atoms with Crippen LogP contribution in [-0.2, 0) is 28.8 Å². The van der Waals surface area contributed by atoms with Gasteiger partial charge in [-0.05, 0) is 39.5 Å². The maximum absolute atomic E-state index is 11.5. The molecule has 6 heteroatoms. The van der Waals surface area contributed by atoms with Crippen molar-refractivity contribution in [1.82, 2.24) is 0 Å². The van der Waals surface area contributed by atoms with Crippen molar-refractivity contribution < 1.29 is 28.8 Å². The number of hydrogen-bond acceptors (Lipinski definition) is 6. The fraction of sp³-hybridized carbons (Fsp3) is 0.739. The monoisotopic (exact) mass is 408 g/mol. The molecule has 0 aliphatic heterocycles. The zero-order valence-corrected chi connectivity index (χ0v) is 18.5. The molecule has 0 spiro atoms. The first-order chi connectivity index (χ1) is 13.5. The van der Waals surface area contributed by atoms with E-state index in [0.29, 0.717) is 44.3 Å². The molecule has 164 valence electrons. The van der Waals surface area contributed by atoms with Crippen LogP contribution in [0.25, 0.3) is 0 Å². The van der Waals surface area contributed by atoms with E-state index in [1.807, 2.05) is 20.8 Å². The van der Waals surface area contributed by atoms with Crippen LogP contribution >= 0.6 is 0 Å². The fourth-order valence-corrected chi connectivity index (χ4v) is 3.30. The maximum Gasteiger partial charge on any atom is 0.144 e. The van der Waals surface area contributed by atoms with Gasteiger partial charge in [0.25, 0.3) is 0 Å². The molecule has 0 aromatic rings. The third-order valence-corrected chi connectivity index (χ3v) is 5.52. The summed E-state index contributed by atoms with van der Waals surface area (Å²) in [6, 6.07) is 0. The number of rotatable bonds is 5. The van der Waals surface area contributed by atoms with E-state index in [1.165, 1.54) is 6.92 Å². The highest BCUT2D eigenvalue weighted by molar-refractivity contribution is 6.07. The summed E-state index contributed by atoms with van der Waals surface area (Å²) in [6.07, 6.45) is 5.32. The fourth-order valence-electron chi connectivity index (χ4n) is 3.30. The van der Waals surface area contributed by atoms with Gasteiger partial charge < -0.3 is 0 Å². The molecule has 2 saturated carbocycles. The molecule has 0 aromatic heterocycles. The molecule has 2 aliphatic carbocycles. The van der Waals surface area contributed by atoms with E-state index < -0.39 is 5.92 Å². The Morgan fingerprint density at radius 2 is 1.24 bits per heavy atom. The zero-order valence-electron chi connectivity index (χ0n) is 18.5. The molecule has 29 heavy (non-hydrogen) atoms. The molecule has 6 nitrogen and oxygen atoms in total. The first kappa shape index (κ1) is 27.0. The Balaban J connectivity index is 0.000000444. The maximum atomic E-state index is 11.5. The number of Topliss-reactive ketones (excluding diaryl/α,β-unsaturated/α-hetero) is 6.